The number of hydrogen-bond acceptors (Lipinski definition) is 3. The lowest BCUT2D eigenvalue weighted by atomic mass is 10.3. The number of furan rings is 1. The van der Waals surface area contributed by atoms with Gasteiger partial charge in [-0.05, 0) is 25.0 Å². The first kappa shape index (κ1) is 9.27. The summed E-state index contributed by atoms with van der Waals surface area (Å²) < 4.78 is 5.14. The molecule has 1 fully saturated rings. The van der Waals surface area contributed by atoms with Crippen molar-refractivity contribution in [3.63, 3.8) is 0 Å². The first-order valence-electron chi connectivity index (χ1n) is 4.77. The van der Waals surface area contributed by atoms with Crippen LogP contribution in [0, 0.1) is 6.92 Å². The number of likely N-dealkylation sites (tertiary alicyclic amines) is 1. The van der Waals surface area contributed by atoms with Crippen LogP contribution in [-0.4, -0.2) is 29.9 Å². The molecule has 1 saturated heterocycles. The lowest BCUT2D eigenvalue weighted by molar-refractivity contribution is 0.0759. The summed E-state index contributed by atoms with van der Waals surface area (Å²) in [5.74, 6) is 0.364. The minimum absolute atomic E-state index is 0.0500. The molecule has 1 aliphatic rings. The van der Waals surface area contributed by atoms with Gasteiger partial charge in [0.2, 0.25) is 0 Å². The van der Waals surface area contributed by atoms with Crippen molar-refractivity contribution >= 4 is 5.91 Å². The van der Waals surface area contributed by atoms with Crippen molar-refractivity contribution in [2.45, 2.75) is 19.4 Å². The van der Waals surface area contributed by atoms with E-state index in [0.29, 0.717) is 12.3 Å². The van der Waals surface area contributed by atoms with E-state index in [1.54, 1.807) is 17.2 Å². The Hall–Kier alpha value is -1.29. The molecule has 0 saturated carbocycles. The van der Waals surface area contributed by atoms with Crippen molar-refractivity contribution in [3.8, 4) is 0 Å². The van der Waals surface area contributed by atoms with E-state index in [9.17, 15) is 4.79 Å². The van der Waals surface area contributed by atoms with Crippen LogP contribution < -0.4 is 5.73 Å². The predicted molar refractivity (Wildman–Crippen MR) is 51.9 cm³/mol. The second-order valence-corrected chi connectivity index (χ2v) is 3.79. The number of nitrogens with two attached hydrogens (primary N) is 1. The van der Waals surface area contributed by atoms with Crippen LogP contribution >= 0.6 is 0 Å². The van der Waals surface area contributed by atoms with E-state index in [1.165, 1.54) is 0 Å². The molecule has 1 unspecified atom stereocenters. The average molecular weight is 194 g/mol. The van der Waals surface area contributed by atoms with Gasteiger partial charge in [-0.3, -0.25) is 4.79 Å². The first-order valence-corrected chi connectivity index (χ1v) is 4.77. The molecule has 1 amide bonds. The molecule has 14 heavy (non-hydrogen) atoms. The molecule has 1 aromatic rings. The minimum atomic E-state index is -0.0500. The number of aryl methyl sites for hydroxylation is 1. The van der Waals surface area contributed by atoms with E-state index in [-0.39, 0.29) is 11.9 Å². The van der Waals surface area contributed by atoms with Crippen LogP contribution in [0.15, 0.2) is 16.7 Å². The van der Waals surface area contributed by atoms with Crippen LogP contribution in [0.5, 0.6) is 0 Å². The van der Waals surface area contributed by atoms with Crippen molar-refractivity contribution < 1.29 is 9.21 Å². The normalized spacial score (nSPS) is 21.6. The summed E-state index contributed by atoms with van der Waals surface area (Å²) in [5, 5.41) is 0. The Morgan fingerprint density at radius 3 is 3.00 bits per heavy atom. The topological polar surface area (TPSA) is 59.5 Å². The molecule has 1 atom stereocenters. The van der Waals surface area contributed by atoms with Gasteiger partial charge < -0.3 is 15.1 Å². The Labute approximate surface area is 82.7 Å². The Morgan fingerprint density at radius 1 is 1.71 bits per heavy atom. The van der Waals surface area contributed by atoms with Crippen LogP contribution in [0.25, 0.3) is 0 Å². The van der Waals surface area contributed by atoms with Gasteiger partial charge in [-0.15, -0.1) is 0 Å². The summed E-state index contributed by atoms with van der Waals surface area (Å²) in [5.41, 5.74) is 6.69. The molecular weight excluding hydrogens is 180 g/mol. The van der Waals surface area contributed by atoms with E-state index in [4.69, 9.17) is 10.2 Å². The van der Waals surface area contributed by atoms with E-state index < -0.39 is 0 Å². The molecule has 4 nitrogen and oxygen atoms in total. The Morgan fingerprint density at radius 2 is 2.50 bits per heavy atom. The molecule has 2 heterocycles. The molecular formula is C10H14N2O2. The van der Waals surface area contributed by atoms with Gasteiger partial charge in [0.15, 0.2) is 5.76 Å². The summed E-state index contributed by atoms with van der Waals surface area (Å²) in [4.78, 5) is 13.5. The van der Waals surface area contributed by atoms with Crippen LogP contribution in [0.3, 0.4) is 0 Å². The standard InChI is InChI=1S/C10H14N2O2/c1-7-4-9(14-6-7)10(13)12-3-2-8(11)5-12/h4,6,8H,2-3,5,11H2,1H3. The van der Waals surface area contributed by atoms with E-state index in [2.05, 4.69) is 0 Å². The highest BCUT2D eigenvalue weighted by Gasteiger charge is 2.26. The third-order valence-corrected chi connectivity index (χ3v) is 2.45. The molecule has 0 spiro atoms. The summed E-state index contributed by atoms with van der Waals surface area (Å²) in [6, 6.07) is 1.88. The summed E-state index contributed by atoms with van der Waals surface area (Å²) in [7, 11) is 0. The fourth-order valence-electron chi connectivity index (χ4n) is 1.67. The van der Waals surface area contributed by atoms with Crippen molar-refractivity contribution in [3.05, 3.63) is 23.7 Å². The fraction of sp³-hybridized carbons (Fsp3) is 0.500. The molecule has 76 valence electrons. The highest BCUT2D eigenvalue weighted by atomic mass is 16.3. The number of carbonyl (C=O) groups is 1. The largest absolute Gasteiger partial charge is 0.459 e. The SMILES string of the molecule is Cc1coc(C(=O)N2CCC(N)C2)c1. The van der Waals surface area contributed by atoms with Gasteiger partial charge in [0.05, 0.1) is 6.26 Å². The minimum Gasteiger partial charge on any atom is -0.459 e. The Balaban J connectivity index is 2.09. The molecule has 1 aromatic heterocycles. The molecule has 0 aliphatic carbocycles. The van der Waals surface area contributed by atoms with Gasteiger partial charge in [0.1, 0.15) is 0 Å². The molecule has 1 aliphatic heterocycles. The van der Waals surface area contributed by atoms with Crippen molar-refractivity contribution in [2.75, 3.05) is 13.1 Å². The molecule has 2 N–H and O–H groups in total. The molecule has 2 rings (SSSR count). The number of carbonyl (C=O) groups excluding carboxylic acids is 1. The third-order valence-electron chi connectivity index (χ3n) is 2.45. The van der Waals surface area contributed by atoms with Gasteiger partial charge >= 0.3 is 0 Å². The lowest BCUT2D eigenvalue weighted by Gasteiger charge is -2.13. The van der Waals surface area contributed by atoms with Crippen molar-refractivity contribution in [1.29, 1.82) is 0 Å². The predicted octanol–water partition coefficient (Wildman–Crippen LogP) is 0.761. The highest BCUT2D eigenvalue weighted by Crippen LogP contribution is 2.14. The van der Waals surface area contributed by atoms with Crippen LogP contribution in [-0.2, 0) is 0 Å². The first-order chi connectivity index (χ1) is 6.66. The molecule has 0 bridgehead atoms. The van der Waals surface area contributed by atoms with Gasteiger partial charge in [0.25, 0.3) is 5.91 Å². The smallest absolute Gasteiger partial charge is 0.289 e. The average Bonchev–Trinajstić information content (AvgIpc) is 2.73. The molecule has 4 heteroatoms. The summed E-state index contributed by atoms with van der Waals surface area (Å²) in [6.07, 6.45) is 2.47. The van der Waals surface area contributed by atoms with Gasteiger partial charge in [-0.25, -0.2) is 0 Å². The van der Waals surface area contributed by atoms with Crippen LogP contribution in [0.4, 0.5) is 0 Å². The van der Waals surface area contributed by atoms with Gasteiger partial charge in [-0.2, -0.15) is 0 Å². The van der Waals surface area contributed by atoms with E-state index in [0.717, 1.165) is 18.5 Å². The van der Waals surface area contributed by atoms with Crippen molar-refractivity contribution in [2.24, 2.45) is 5.73 Å². The van der Waals surface area contributed by atoms with Crippen LogP contribution in [0.1, 0.15) is 22.5 Å². The number of hydrogen-bond donors (Lipinski definition) is 1. The number of rotatable bonds is 1. The lowest BCUT2D eigenvalue weighted by Crippen LogP contribution is -2.31. The monoisotopic (exact) mass is 194 g/mol. The zero-order chi connectivity index (χ0) is 10.1. The Bertz CT molecular complexity index is 346. The maximum Gasteiger partial charge on any atom is 0.289 e. The Kier molecular flexibility index (Phi) is 2.29. The van der Waals surface area contributed by atoms with E-state index >= 15 is 0 Å². The fourth-order valence-corrected chi connectivity index (χ4v) is 1.67. The zero-order valence-corrected chi connectivity index (χ0v) is 8.19. The summed E-state index contributed by atoms with van der Waals surface area (Å²) in [6.45, 7) is 3.27. The number of amides is 1. The molecule has 0 radical (unpaired) electrons. The quantitative estimate of drug-likeness (QED) is 0.718. The summed E-state index contributed by atoms with van der Waals surface area (Å²) >= 11 is 0. The van der Waals surface area contributed by atoms with Gasteiger partial charge in [0, 0.05) is 19.1 Å². The zero-order valence-electron chi connectivity index (χ0n) is 8.19. The highest BCUT2D eigenvalue weighted by molar-refractivity contribution is 5.91. The van der Waals surface area contributed by atoms with Gasteiger partial charge in [-0.1, -0.05) is 0 Å². The van der Waals surface area contributed by atoms with E-state index in [1.807, 2.05) is 6.92 Å². The molecule has 0 aromatic carbocycles. The van der Waals surface area contributed by atoms with Crippen molar-refractivity contribution in [1.82, 2.24) is 4.90 Å². The maximum absolute atomic E-state index is 11.8. The second-order valence-electron chi connectivity index (χ2n) is 3.79. The maximum atomic E-state index is 11.8. The third kappa shape index (κ3) is 1.65. The number of nitrogens with zero attached hydrogens (tertiary/aromatic N) is 1. The second kappa shape index (κ2) is 3.46. The van der Waals surface area contributed by atoms with Crippen LogP contribution in [0.2, 0.25) is 0 Å².